The Morgan fingerprint density at radius 1 is 1.31 bits per heavy atom. The highest BCUT2D eigenvalue weighted by molar-refractivity contribution is 5.81. The van der Waals surface area contributed by atoms with Gasteiger partial charge in [-0.3, -0.25) is 9.78 Å². The lowest BCUT2D eigenvalue weighted by Gasteiger charge is -2.45. The second-order valence-electron chi connectivity index (χ2n) is 7.35. The Hall–Kier alpha value is -2.24. The van der Waals surface area contributed by atoms with E-state index >= 15 is 0 Å². The Kier molecular flexibility index (Phi) is 5.39. The topological polar surface area (TPSA) is 77.2 Å². The van der Waals surface area contributed by atoms with Crippen LogP contribution in [-0.2, 0) is 9.53 Å². The minimum Gasteiger partial charge on any atom is -0.377 e. The first-order valence-corrected chi connectivity index (χ1v) is 9.00. The maximum atomic E-state index is 12.8. The smallest absolute Gasteiger partial charge is 0.224 e. The minimum atomic E-state index is -0.342. The molecule has 1 aromatic carbocycles. The number of rotatable bonds is 6. The number of pyridine rings is 1. The van der Waals surface area contributed by atoms with Crippen molar-refractivity contribution in [2.75, 3.05) is 13.7 Å². The molecule has 2 aromatic rings. The maximum absolute atomic E-state index is 12.8. The Labute approximate surface area is 155 Å². The van der Waals surface area contributed by atoms with Gasteiger partial charge in [-0.05, 0) is 43.9 Å². The van der Waals surface area contributed by atoms with Gasteiger partial charge in [0.2, 0.25) is 5.91 Å². The number of hydrogen-bond donors (Lipinski definition) is 2. The second-order valence-corrected chi connectivity index (χ2v) is 7.35. The van der Waals surface area contributed by atoms with Crippen molar-refractivity contribution in [2.45, 2.75) is 38.3 Å². The number of ether oxygens (including phenoxy) is 1. The van der Waals surface area contributed by atoms with Crippen molar-refractivity contribution in [2.24, 2.45) is 11.7 Å². The number of carbonyl (C=O) groups is 1. The van der Waals surface area contributed by atoms with Gasteiger partial charge in [-0.25, -0.2) is 0 Å². The highest BCUT2D eigenvalue weighted by Crippen LogP contribution is 2.40. The molecule has 1 heterocycles. The van der Waals surface area contributed by atoms with E-state index in [4.69, 9.17) is 10.5 Å². The number of benzene rings is 1. The number of methoxy groups -OCH3 is 1. The van der Waals surface area contributed by atoms with E-state index < -0.39 is 0 Å². The van der Waals surface area contributed by atoms with Crippen LogP contribution in [0.25, 0.3) is 0 Å². The summed E-state index contributed by atoms with van der Waals surface area (Å²) in [6, 6.07) is 10.0. The summed E-state index contributed by atoms with van der Waals surface area (Å²) >= 11 is 0. The molecule has 138 valence electrons. The van der Waals surface area contributed by atoms with Gasteiger partial charge in [0.15, 0.2) is 0 Å². The molecule has 1 aromatic heterocycles. The van der Waals surface area contributed by atoms with Crippen LogP contribution in [0.1, 0.15) is 41.1 Å². The molecule has 1 fully saturated rings. The third-order valence-corrected chi connectivity index (χ3v) is 5.29. The molecular weight excluding hydrogens is 326 g/mol. The largest absolute Gasteiger partial charge is 0.377 e. The molecule has 1 aliphatic carbocycles. The summed E-state index contributed by atoms with van der Waals surface area (Å²) in [6.45, 7) is 4.58. The van der Waals surface area contributed by atoms with E-state index in [9.17, 15) is 4.79 Å². The molecule has 0 radical (unpaired) electrons. The fraction of sp³-hybridized carbons (Fsp3) is 0.429. The lowest BCUT2D eigenvalue weighted by Crippen LogP contribution is -2.55. The quantitative estimate of drug-likeness (QED) is 0.837. The highest BCUT2D eigenvalue weighted by atomic mass is 16.5. The molecule has 1 aliphatic rings. The van der Waals surface area contributed by atoms with Gasteiger partial charge in [0, 0.05) is 32.0 Å². The maximum Gasteiger partial charge on any atom is 0.224 e. The van der Waals surface area contributed by atoms with Crippen LogP contribution in [-0.4, -0.2) is 30.1 Å². The fourth-order valence-corrected chi connectivity index (χ4v) is 3.78. The first kappa shape index (κ1) is 18.5. The van der Waals surface area contributed by atoms with Crippen molar-refractivity contribution in [3.8, 4) is 0 Å². The molecule has 0 aliphatic heterocycles. The zero-order valence-electron chi connectivity index (χ0n) is 15.7. The van der Waals surface area contributed by atoms with E-state index in [1.165, 1.54) is 11.1 Å². The van der Waals surface area contributed by atoms with Gasteiger partial charge in [0.25, 0.3) is 0 Å². The average Bonchev–Trinajstić information content (AvgIpc) is 2.59. The number of hydrogen-bond acceptors (Lipinski definition) is 4. The lowest BCUT2D eigenvalue weighted by atomic mass is 9.70. The molecule has 1 atom stereocenters. The van der Waals surface area contributed by atoms with Crippen LogP contribution in [0, 0.1) is 19.8 Å². The van der Waals surface area contributed by atoms with Crippen molar-refractivity contribution in [1.29, 1.82) is 0 Å². The summed E-state index contributed by atoms with van der Waals surface area (Å²) in [5.74, 6) is -0.0253. The minimum absolute atomic E-state index is 0.0409. The zero-order valence-corrected chi connectivity index (χ0v) is 15.7. The van der Waals surface area contributed by atoms with Gasteiger partial charge in [-0.2, -0.15) is 0 Å². The molecule has 0 spiro atoms. The van der Waals surface area contributed by atoms with E-state index in [-0.39, 0.29) is 23.5 Å². The first-order valence-electron chi connectivity index (χ1n) is 9.00. The Morgan fingerprint density at radius 3 is 2.54 bits per heavy atom. The van der Waals surface area contributed by atoms with Gasteiger partial charge >= 0.3 is 0 Å². The van der Waals surface area contributed by atoms with Crippen LogP contribution < -0.4 is 11.1 Å². The molecular formula is C21H27N3O2. The Bertz CT molecular complexity index is 744. The van der Waals surface area contributed by atoms with Crippen LogP contribution in [0.15, 0.2) is 42.7 Å². The van der Waals surface area contributed by atoms with E-state index in [2.05, 4.69) is 42.3 Å². The molecule has 5 nitrogen and oxygen atoms in total. The molecule has 5 heteroatoms. The summed E-state index contributed by atoms with van der Waals surface area (Å²) in [4.78, 5) is 17.1. The van der Waals surface area contributed by atoms with E-state index in [0.29, 0.717) is 19.4 Å². The number of aromatic nitrogens is 1. The predicted molar refractivity (Wildman–Crippen MR) is 102 cm³/mol. The van der Waals surface area contributed by atoms with E-state index in [1.54, 1.807) is 13.3 Å². The summed E-state index contributed by atoms with van der Waals surface area (Å²) in [6.07, 6.45) is 4.88. The van der Waals surface area contributed by atoms with E-state index in [0.717, 1.165) is 11.1 Å². The number of amides is 1. The average molecular weight is 353 g/mol. The Morgan fingerprint density at radius 2 is 2.00 bits per heavy atom. The molecule has 3 rings (SSSR count). The Balaban J connectivity index is 1.82. The van der Waals surface area contributed by atoms with Gasteiger partial charge < -0.3 is 15.8 Å². The van der Waals surface area contributed by atoms with Crippen molar-refractivity contribution < 1.29 is 9.53 Å². The van der Waals surface area contributed by atoms with Gasteiger partial charge in [-0.1, -0.05) is 35.4 Å². The van der Waals surface area contributed by atoms with Crippen LogP contribution in [0.5, 0.6) is 0 Å². The molecule has 0 saturated heterocycles. The van der Waals surface area contributed by atoms with Crippen molar-refractivity contribution in [3.05, 3.63) is 65.0 Å². The highest BCUT2D eigenvalue weighted by Gasteiger charge is 2.47. The number of nitrogens with zero attached hydrogens (tertiary/aromatic N) is 1. The SMILES string of the molecule is COC1(CN)CC(C(=O)NC(c2cccnc2)c2cc(C)cc(C)c2)C1. The number of aryl methyl sites for hydroxylation is 2. The normalized spacial score (nSPS) is 23.2. The van der Waals surface area contributed by atoms with Gasteiger partial charge in [0.1, 0.15) is 0 Å². The predicted octanol–water partition coefficient (Wildman–Crippen LogP) is 2.66. The monoisotopic (exact) mass is 353 g/mol. The lowest BCUT2D eigenvalue weighted by molar-refractivity contribution is -0.145. The summed E-state index contributed by atoms with van der Waals surface area (Å²) in [7, 11) is 1.66. The third-order valence-electron chi connectivity index (χ3n) is 5.29. The molecule has 3 N–H and O–H groups in total. The van der Waals surface area contributed by atoms with E-state index in [1.807, 2.05) is 18.3 Å². The van der Waals surface area contributed by atoms with Crippen molar-refractivity contribution in [3.63, 3.8) is 0 Å². The molecule has 1 saturated carbocycles. The van der Waals surface area contributed by atoms with Crippen LogP contribution in [0.4, 0.5) is 0 Å². The number of nitrogens with two attached hydrogens (primary N) is 1. The number of carbonyl (C=O) groups excluding carboxylic acids is 1. The molecule has 1 amide bonds. The standard InChI is InChI=1S/C21H27N3O2/c1-14-7-15(2)9-17(8-14)19(16-5-4-6-23-12-16)24-20(25)18-10-21(11-18,13-22)26-3/h4-9,12,18-19H,10-11,13,22H2,1-3H3,(H,24,25). The molecule has 0 bridgehead atoms. The fourth-order valence-electron chi connectivity index (χ4n) is 3.78. The van der Waals surface area contributed by atoms with Gasteiger partial charge in [0.05, 0.1) is 11.6 Å². The second kappa shape index (κ2) is 7.56. The van der Waals surface area contributed by atoms with Crippen LogP contribution in [0.3, 0.4) is 0 Å². The first-order chi connectivity index (χ1) is 12.5. The summed E-state index contributed by atoms with van der Waals surface area (Å²) < 4.78 is 5.49. The van der Waals surface area contributed by atoms with Crippen molar-refractivity contribution in [1.82, 2.24) is 10.3 Å². The summed E-state index contributed by atoms with van der Waals surface area (Å²) in [5, 5.41) is 3.22. The van der Waals surface area contributed by atoms with Crippen molar-refractivity contribution >= 4 is 5.91 Å². The summed E-state index contributed by atoms with van der Waals surface area (Å²) in [5.41, 5.74) is 9.84. The zero-order chi connectivity index (χ0) is 18.7. The number of nitrogens with one attached hydrogen (secondary N) is 1. The molecule has 26 heavy (non-hydrogen) atoms. The third kappa shape index (κ3) is 3.79. The molecule has 1 unspecified atom stereocenters. The van der Waals surface area contributed by atoms with Gasteiger partial charge in [-0.15, -0.1) is 0 Å². The van der Waals surface area contributed by atoms with Crippen LogP contribution in [0.2, 0.25) is 0 Å². The van der Waals surface area contributed by atoms with Crippen LogP contribution >= 0.6 is 0 Å².